The predicted molar refractivity (Wildman–Crippen MR) is 122 cm³/mol. The van der Waals surface area contributed by atoms with Crippen molar-refractivity contribution in [2.45, 2.75) is 0 Å². The van der Waals surface area contributed by atoms with Crippen LogP contribution in [0.4, 0.5) is 5.69 Å². The number of rotatable bonds is 7. The molecule has 0 radical (unpaired) electrons. The highest BCUT2D eigenvalue weighted by molar-refractivity contribution is 6.31. The average molecular weight is 467 g/mol. The van der Waals surface area contributed by atoms with Crippen LogP contribution in [0.3, 0.4) is 0 Å². The molecule has 2 aliphatic heterocycles. The molecular formula is C24H25N3O7. The lowest BCUT2D eigenvalue weighted by molar-refractivity contribution is -0.137. The second-order valence-corrected chi connectivity index (χ2v) is 7.51. The summed E-state index contributed by atoms with van der Waals surface area (Å²) in [6.45, 7) is 1.82. The summed E-state index contributed by atoms with van der Waals surface area (Å²) >= 11 is 0. The summed E-state index contributed by atoms with van der Waals surface area (Å²) in [6.07, 6.45) is 1.45. The lowest BCUT2D eigenvalue weighted by Crippen LogP contribution is -2.43. The van der Waals surface area contributed by atoms with Crippen LogP contribution in [0.25, 0.3) is 6.08 Å². The second-order valence-electron chi connectivity index (χ2n) is 7.51. The zero-order valence-electron chi connectivity index (χ0n) is 18.9. The van der Waals surface area contributed by atoms with E-state index in [1.807, 2.05) is 6.07 Å². The number of benzene rings is 2. The number of hydrazine groups is 1. The maximum absolute atomic E-state index is 12.9. The molecule has 0 aromatic heterocycles. The first-order chi connectivity index (χ1) is 16.5. The van der Waals surface area contributed by atoms with E-state index < -0.39 is 11.8 Å². The van der Waals surface area contributed by atoms with E-state index in [0.29, 0.717) is 49.1 Å². The third-order valence-electron chi connectivity index (χ3n) is 5.40. The maximum atomic E-state index is 12.9. The van der Waals surface area contributed by atoms with Gasteiger partial charge in [-0.3, -0.25) is 19.8 Å². The molecule has 2 aliphatic rings. The summed E-state index contributed by atoms with van der Waals surface area (Å²) in [5, 5.41) is 1.19. The first-order valence-corrected chi connectivity index (χ1v) is 10.7. The van der Waals surface area contributed by atoms with Crippen LogP contribution in [-0.2, 0) is 19.1 Å². The molecule has 0 atom stereocenters. The van der Waals surface area contributed by atoms with E-state index in [0.717, 1.165) is 0 Å². The van der Waals surface area contributed by atoms with Gasteiger partial charge in [-0.1, -0.05) is 18.2 Å². The number of hydrogen-bond acceptors (Lipinski definition) is 7. The number of methoxy groups -OCH3 is 2. The molecule has 2 fully saturated rings. The standard InChI is InChI=1S/C24H25N3O7/c1-31-19-13-16(12-18-23(29)25-27(24(18)30)17-6-4-3-5-7-17)14-20(32-2)22(19)34-15-21(28)26-8-10-33-11-9-26/h3-7,12-14H,8-11,15H2,1-2H3,(H,25,29). The summed E-state index contributed by atoms with van der Waals surface area (Å²) in [4.78, 5) is 39.5. The lowest BCUT2D eigenvalue weighted by atomic mass is 10.1. The van der Waals surface area contributed by atoms with Gasteiger partial charge in [0, 0.05) is 13.1 Å². The molecule has 0 bridgehead atoms. The van der Waals surface area contributed by atoms with Crippen LogP contribution in [0.15, 0.2) is 48.0 Å². The highest BCUT2D eigenvalue weighted by Crippen LogP contribution is 2.39. The average Bonchev–Trinajstić information content (AvgIpc) is 3.16. The lowest BCUT2D eigenvalue weighted by Gasteiger charge is -2.27. The Hall–Kier alpha value is -4.05. The van der Waals surface area contributed by atoms with Crippen LogP contribution in [0.5, 0.6) is 17.2 Å². The number of ether oxygens (including phenoxy) is 4. The summed E-state index contributed by atoms with van der Waals surface area (Å²) in [5.74, 6) is -0.331. The fraction of sp³-hybridized carbons (Fsp3) is 0.292. The molecule has 1 N–H and O–H groups in total. The molecule has 10 nitrogen and oxygen atoms in total. The minimum Gasteiger partial charge on any atom is -0.493 e. The normalized spacial score (nSPS) is 17.1. The van der Waals surface area contributed by atoms with Crippen molar-refractivity contribution in [2.75, 3.05) is 52.1 Å². The van der Waals surface area contributed by atoms with Crippen LogP contribution in [0, 0.1) is 0 Å². The van der Waals surface area contributed by atoms with Crippen LogP contribution in [0.1, 0.15) is 5.56 Å². The van der Waals surface area contributed by atoms with Gasteiger partial charge >= 0.3 is 0 Å². The zero-order chi connectivity index (χ0) is 24.1. The Labute approximate surface area is 196 Å². The zero-order valence-corrected chi connectivity index (χ0v) is 18.9. The first kappa shape index (κ1) is 23.1. The largest absolute Gasteiger partial charge is 0.493 e. The molecule has 34 heavy (non-hydrogen) atoms. The van der Waals surface area contributed by atoms with E-state index in [1.165, 1.54) is 25.3 Å². The van der Waals surface area contributed by atoms with E-state index in [-0.39, 0.29) is 23.8 Å². The van der Waals surface area contributed by atoms with E-state index in [2.05, 4.69) is 5.43 Å². The number of nitrogens with one attached hydrogen (secondary N) is 1. The van der Waals surface area contributed by atoms with Gasteiger partial charge < -0.3 is 23.8 Å². The van der Waals surface area contributed by atoms with Crippen molar-refractivity contribution in [3.63, 3.8) is 0 Å². The van der Waals surface area contributed by atoms with Gasteiger partial charge in [-0.05, 0) is 35.9 Å². The molecule has 10 heteroatoms. The van der Waals surface area contributed by atoms with Gasteiger partial charge in [-0.2, -0.15) is 0 Å². The molecule has 2 saturated heterocycles. The van der Waals surface area contributed by atoms with Crippen molar-refractivity contribution in [1.29, 1.82) is 0 Å². The Bertz CT molecular complexity index is 1090. The van der Waals surface area contributed by atoms with Crippen molar-refractivity contribution >= 4 is 29.5 Å². The van der Waals surface area contributed by atoms with Crippen LogP contribution in [0.2, 0.25) is 0 Å². The van der Waals surface area contributed by atoms with Gasteiger partial charge in [0.15, 0.2) is 18.1 Å². The number of carbonyl (C=O) groups is 3. The number of anilines is 1. The Kier molecular flexibility index (Phi) is 6.98. The number of amides is 3. The Morgan fingerprint density at radius 3 is 2.32 bits per heavy atom. The predicted octanol–water partition coefficient (Wildman–Crippen LogP) is 1.40. The van der Waals surface area contributed by atoms with Gasteiger partial charge in [0.05, 0.1) is 33.1 Å². The Morgan fingerprint density at radius 2 is 1.71 bits per heavy atom. The molecule has 4 rings (SSSR count). The van der Waals surface area contributed by atoms with Crippen molar-refractivity contribution < 1.29 is 33.3 Å². The van der Waals surface area contributed by atoms with E-state index in [4.69, 9.17) is 18.9 Å². The SMILES string of the molecule is COc1cc(C=C2C(=O)NN(c3ccccc3)C2=O)cc(OC)c1OCC(=O)N1CCOCC1. The molecule has 0 unspecified atom stereocenters. The molecule has 0 aliphatic carbocycles. The molecule has 2 aromatic rings. The molecule has 0 spiro atoms. The molecule has 2 heterocycles. The maximum Gasteiger partial charge on any atom is 0.282 e. The first-order valence-electron chi connectivity index (χ1n) is 10.7. The van der Waals surface area contributed by atoms with Crippen LogP contribution >= 0.6 is 0 Å². The fourth-order valence-corrected chi connectivity index (χ4v) is 3.65. The number of para-hydroxylation sites is 1. The fourth-order valence-electron chi connectivity index (χ4n) is 3.65. The van der Waals surface area contributed by atoms with E-state index in [9.17, 15) is 14.4 Å². The quantitative estimate of drug-likeness (QED) is 0.485. The van der Waals surface area contributed by atoms with Crippen LogP contribution in [-0.4, -0.2) is 69.8 Å². The summed E-state index contributed by atoms with van der Waals surface area (Å²) < 4.78 is 21.9. The van der Waals surface area contributed by atoms with Crippen molar-refractivity contribution in [2.24, 2.45) is 0 Å². The van der Waals surface area contributed by atoms with Crippen molar-refractivity contribution in [3.05, 3.63) is 53.6 Å². The van der Waals surface area contributed by atoms with Gasteiger partial charge in [0.2, 0.25) is 5.75 Å². The Morgan fingerprint density at radius 1 is 1.06 bits per heavy atom. The van der Waals surface area contributed by atoms with Crippen molar-refractivity contribution in [1.82, 2.24) is 10.3 Å². The van der Waals surface area contributed by atoms with Gasteiger partial charge in [-0.15, -0.1) is 0 Å². The van der Waals surface area contributed by atoms with Gasteiger partial charge in [0.1, 0.15) is 5.57 Å². The minimum atomic E-state index is -0.525. The summed E-state index contributed by atoms with van der Waals surface area (Å²) in [7, 11) is 2.90. The van der Waals surface area contributed by atoms with Gasteiger partial charge in [0.25, 0.3) is 17.7 Å². The smallest absolute Gasteiger partial charge is 0.282 e. The number of carbonyl (C=O) groups excluding carboxylic acids is 3. The van der Waals surface area contributed by atoms with Crippen molar-refractivity contribution in [3.8, 4) is 17.2 Å². The Balaban J connectivity index is 1.56. The number of nitrogens with zero attached hydrogens (tertiary/aromatic N) is 2. The highest BCUT2D eigenvalue weighted by Gasteiger charge is 2.34. The minimum absolute atomic E-state index is 0.0378. The third-order valence-corrected chi connectivity index (χ3v) is 5.40. The molecule has 0 saturated carbocycles. The molecule has 2 aromatic carbocycles. The second kappa shape index (κ2) is 10.3. The topological polar surface area (TPSA) is 107 Å². The highest BCUT2D eigenvalue weighted by atomic mass is 16.5. The number of hydrogen-bond donors (Lipinski definition) is 1. The van der Waals surface area contributed by atoms with E-state index >= 15 is 0 Å². The molecule has 178 valence electrons. The van der Waals surface area contributed by atoms with E-state index in [1.54, 1.807) is 41.3 Å². The van der Waals surface area contributed by atoms with Crippen LogP contribution < -0.4 is 24.6 Å². The summed E-state index contributed by atoms with van der Waals surface area (Å²) in [6, 6.07) is 12.0. The third kappa shape index (κ3) is 4.81. The number of morpholine rings is 1. The molecular weight excluding hydrogens is 442 g/mol. The monoisotopic (exact) mass is 467 g/mol. The molecule has 3 amide bonds. The van der Waals surface area contributed by atoms with Gasteiger partial charge in [-0.25, -0.2) is 5.01 Å². The summed E-state index contributed by atoms with van der Waals surface area (Å²) in [5.41, 5.74) is 3.57.